The van der Waals surface area contributed by atoms with Gasteiger partial charge in [-0.05, 0) is 6.92 Å². The molecule has 1 aromatic heterocycles. The van der Waals surface area contributed by atoms with Gasteiger partial charge < -0.3 is 10.5 Å². The summed E-state index contributed by atoms with van der Waals surface area (Å²) in [6.07, 6.45) is -0.0106. The van der Waals surface area contributed by atoms with E-state index in [0.717, 1.165) is 11.4 Å². The summed E-state index contributed by atoms with van der Waals surface area (Å²) in [4.78, 5) is 0. The first-order chi connectivity index (χ1) is 5.70. The SMILES string of the molecule is COC(C)c1c(CN)nnn1C. The maximum atomic E-state index is 5.49. The van der Waals surface area contributed by atoms with Crippen LogP contribution in [0.4, 0.5) is 0 Å². The van der Waals surface area contributed by atoms with E-state index in [0.29, 0.717) is 6.54 Å². The molecule has 1 aromatic rings. The lowest BCUT2D eigenvalue weighted by atomic mass is 10.2. The predicted octanol–water partition coefficient (Wildman–Crippen LogP) is -0.0188. The molecular formula is C7H14N4O. The molecule has 5 heteroatoms. The second-order valence-corrected chi connectivity index (χ2v) is 2.63. The second kappa shape index (κ2) is 3.64. The van der Waals surface area contributed by atoms with Gasteiger partial charge in [0.25, 0.3) is 0 Å². The number of ether oxygens (including phenoxy) is 1. The van der Waals surface area contributed by atoms with Crippen LogP contribution in [-0.2, 0) is 18.3 Å². The number of nitrogens with zero attached hydrogens (tertiary/aromatic N) is 3. The van der Waals surface area contributed by atoms with Gasteiger partial charge >= 0.3 is 0 Å². The lowest BCUT2D eigenvalue weighted by Gasteiger charge is -2.09. The van der Waals surface area contributed by atoms with Crippen LogP contribution in [0.25, 0.3) is 0 Å². The van der Waals surface area contributed by atoms with E-state index in [4.69, 9.17) is 10.5 Å². The fourth-order valence-corrected chi connectivity index (χ4v) is 1.16. The molecule has 0 bridgehead atoms. The van der Waals surface area contributed by atoms with Gasteiger partial charge in [0.2, 0.25) is 0 Å². The highest BCUT2D eigenvalue weighted by atomic mass is 16.5. The molecule has 5 nitrogen and oxygen atoms in total. The first-order valence-corrected chi connectivity index (χ1v) is 3.82. The number of aromatic nitrogens is 3. The number of nitrogens with two attached hydrogens (primary N) is 1. The Morgan fingerprint density at radius 3 is 2.83 bits per heavy atom. The van der Waals surface area contributed by atoms with Crippen molar-refractivity contribution in [3.63, 3.8) is 0 Å². The van der Waals surface area contributed by atoms with Gasteiger partial charge in [-0.2, -0.15) is 0 Å². The van der Waals surface area contributed by atoms with Gasteiger partial charge in [-0.3, -0.25) is 0 Å². The minimum absolute atomic E-state index is 0.0106. The summed E-state index contributed by atoms with van der Waals surface area (Å²) in [5.74, 6) is 0. The lowest BCUT2D eigenvalue weighted by Crippen LogP contribution is -2.09. The van der Waals surface area contributed by atoms with E-state index < -0.39 is 0 Å². The van der Waals surface area contributed by atoms with Gasteiger partial charge in [-0.25, -0.2) is 4.68 Å². The summed E-state index contributed by atoms with van der Waals surface area (Å²) < 4.78 is 6.85. The van der Waals surface area contributed by atoms with Crippen molar-refractivity contribution >= 4 is 0 Å². The minimum Gasteiger partial charge on any atom is -0.375 e. The molecule has 68 valence electrons. The number of rotatable bonds is 3. The quantitative estimate of drug-likeness (QED) is 0.692. The van der Waals surface area contributed by atoms with Crippen molar-refractivity contribution in [1.82, 2.24) is 15.0 Å². The summed E-state index contributed by atoms with van der Waals surface area (Å²) in [6.45, 7) is 2.34. The summed E-state index contributed by atoms with van der Waals surface area (Å²) >= 11 is 0. The molecule has 0 amide bonds. The molecule has 1 atom stereocenters. The fourth-order valence-electron chi connectivity index (χ4n) is 1.16. The Kier molecular flexibility index (Phi) is 2.78. The van der Waals surface area contributed by atoms with Gasteiger partial charge in [0.05, 0.1) is 11.8 Å². The van der Waals surface area contributed by atoms with Crippen LogP contribution >= 0.6 is 0 Å². The molecule has 1 unspecified atom stereocenters. The number of hydrogen-bond acceptors (Lipinski definition) is 4. The number of hydrogen-bond donors (Lipinski definition) is 1. The Balaban J connectivity index is 3.01. The van der Waals surface area contributed by atoms with Crippen LogP contribution in [0.2, 0.25) is 0 Å². The van der Waals surface area contributed by atoms with E-state index in [-0.39, 0.29) is 6.10 Å². The molecule has 0 aliphatic carbocycles. The second-order valence-electron chi connectivity index (χ2n) is 2.63. The number of methoxy groups -OCH3 is 1. The van der Waals surface area contributed by atoms with Crippen LogP contribution in [0.5, 0.6) is 0 Å². The first kappa shape index (κ1) is 9.15. The molecule has 0 spiro atoms. The third-order valence-corrected chi connectivity index (χ3v) is 1.88. The van der Waals surface area contributed by atoms with Gasteiger partial charge in [0.1, 0.15) is 5.69 Å². The molecule has 2 N–H and O–H groups in total. The van der Waals surface area contributed by atoms with Crippen LogP contribution in [0.1, 0.15) is 24.4 Å². The smallest absolute Gasteiger partial charge is 0.102 e. The van der Waals surface area contributed by atoms with Crippen LogP contribution in [0, 0.1) is 0 Å². The van der Waals surface area contributed by atoms with Crippen molar-refractivity contribution in [3.8, 4) is 0 Å². The van der Waals surface area contributed by atoms with Crippen molar-refractivity contribution in [3.05, 3.63) is 11.4 Å². The Hall–Kier alpha value is -0.940. The molecule has 0 aliphatic rings. The first-order valence-electron chi connectivity index (χ1n) is 3.82. The third kappa shape index (κ3) is 1.46. The van der Waals surface area contributed by atoms with Crippen molar-refractivity contribution in [2.45, 2.75) is 19.6 Å². The largest absolute Gasteiger partial charge is 0.375 e. The summed E-state index contributed by atoms with van der Waals surface area (Å²) in [5, 5.41) is 7.77. The monoisotopic (exact) mass is 170 g/mol. The van der Waals surface area contributed by atoms with Crippen molar-refractivity contribution in [2.24, 2.45) is 12.8 Å². The molecule has 0 radical (unpaired) electrons. The molecule has 0 saturated carbocycles. The van der Waals surface area contributed by atoms with E-state index in [1.165, 1.54) is 0 Å². The van der Waals surface area contributed by atoms with Crippen molar-refractivity contribution in [2.75, 3.05) is 7.11 Å². The van der Waals surface area contributed by atoms with Crippen LogP contribution in [-0.4, -0.2) is 22.1 Å². The summed E-state index contributed by atoms with van der Waals surface area (Å²) in [7, 11) is 3.48. The van der Waals surface area contributed by atoms with E-state index in [9.17, 15) is 0 Å². The van der Waals surface area contributed by atoms with E-state index in [1.54, 1.807) is 11.8 Å². The Morgan fingerprint density at radius 2 is 2.33 bits per heavy atom. The topological polar surface area (TPSA) is 66.0 Å². The molecule has 0 aromatic carbocycles. The van der Waals surface area contributed by atoms with Gasteiger partial charge in [0, 0.05) is 20.7 Å². The molecule has 0 aliphatic heterocycles. The van der Waals surface area contributed by atoms with Gasteiger partial charge in [-0.15, -0.1) is 5.10 Å². The highest BCUT2D eigenvalue weighted by molar-refractivity contribution is 5.12. The molecular weight excluding hydrogens is 156 g/mol. The highest BCUT2D eigenvalue weighted by Gasteiger charge is 2.15. The third-order valence-electron chi connectivity index (χ3n) is 1.88. The summed E-state index contributed by atoms with van der Waals surface area (Å²) in [6, 6.07) is 0. The zero-order chi connectivity index (χ0) is 9.14. The zero-order valence-electron chi connectivity index (χ0n) is 7.61. The van der Waals surface area contributed by atoms with E-state index in [2.05, 4.69) is 10.3 Å². The molecule has 12 heavy (non-hydrogen) atoms. The van der Waals surface area contributed by atoms with Gasteiger partial charge in [-0.1, -0.05) is 5.21 Å². The molecule has 0 saturated heterocycles. The zero-order valence-corrected chi connectivity index (χ0v) is 7.61. The normalized spacial score (nSPS) is 13.3. The predicted molar refractivity (Wildman–Crippen MR) is 44.3 cm³/mol. The average molecular weight is 170 g/mol. The Morgan fingerprint density at radius 1 is 1.67 bits per heavy atom. The average Bonchev–Trinajstić information content (AvgIpc) is 2.45. The Bertz CT molecular complexity index is 258. The standard InChI is InChI=1S/C7H14N4O/c1-5(12-3)7-6(4-8)9-10-11(7)2/h5H,4,8H2,1-3H3. The summed E-state index contributed by atoms with van der Waals surface area (Å²) in [5.41, 5.74) is 7.23. The highest BCUT2D eigenvalue weighted by Crippen LogP contribution is 2.16. The van der Waals surface area contributed by atoms with E-state index in [1.807, 2.05) is 14.0 Å². The fraction of sp³-hybridized carbons (Fsp3) is 0.714. The maximum absolute atomic E-state index is 5.49. The van der Waals surface area contributed by atoms with Crippen LogP contribution in [0.3, 0.4) is 0 Å². The lowest BCUT2D eigenvalue weighted by molar-refractivity contribution is 0.111. The molecule has 1 rings (SSSR count). The van der Waals surface area contributed by atoms with Crippen LogP contribution < -0.4 is 5.73 Å². The van der Waals surface area contributed by atoms with Gasteiger partial charge in [0.15, 0.2) is 0 Å². The minimum atomic E-state index is -0.0106. The Labute approximate surface area is 71.5 Å². The van der Waals surface area contributed by atoms with Crippen LogP contribution in [0.15, 0.2) is 0 Å². The van der Waals surface area contributed by atoms with Crippen molar-refractivity contribution < 1.29 is 4.74 Å². The molecule has 0 fully saturated rings. The maximum Gasteiger partial charge on any atom is 0.102 e. The van der Waals surface area contributed by atoms with Crippen molar-refractivity contribution in [1.29, 1.82) is 0 Å². The number of aryl methyl sites for hydroxylation is 1. The van der Waals surface area contributed by atoms with E-state index >= 15 is 0 Å². The molecule has 1 heterocycles.